The molecule has 0 spiro atoms. The van der Waals surface area contributed by atoms with Crippen LogP contribution in [0.4, 0.5) is 5.69 Å². The number of hydrogen-bond acceptors (Lipinski definition) is 5. The van der Waals surface area contributed by atoms with Crippen molar-refractivity contribution in [1.82, 2.24) is 0 Å². The van der Waals surface area contributed by atoms with Crippen LogP contribution in [0.3, 0.4) is 0 Å². The Morgan fingerprint density at radius 3 is 2.23 bits per heavy atom. The highest BCUT2D eigenvalue weighted by atomic mass is 32.2. The van der Waals surface area contributed by atoms with Gasteiger partial charge in [0.25, 0.3) is 10.0 Å². The Bertz CT molecular complexity index is 1160. The molecule has 0 aliphatic carbocycles. The fourth-order valence-corrected chi connectivity index (χ4v) is 4.87. The van der Waals surface area contributed by atoms with E-state index in [9.17, 15) is 18.3 Å². The minimum Gasteiger partial charge on any atom is -0.508 e. The molecule has 0 radical (unpaired) electrons. The fourth-order valence-electron chi connectivity index (χ4n) is 3.34. The molecule has 0 aromatic heterocycles. The lowest BCUT2D eigenvalue weighted by Crippen LogP contribution is -2.32. The number of phenolic OH excluding ortho intramolecular Hbond substituents is 1. The van der Waals surface area contributed by atoms with Gasteiger partial charge in [0.05, 0.1) is 29.8 Å². The third-order valence-corrected chi connectivity index (χ3v) is 6.45. The molecule has 0 bridgehead atoms. The Kier molecular flexibility index (Phi) is 6.12. The van der Waals surface area contributed by atoms with Crippen molar-refractivity contribution in [3.63, 3.8) is 0 Å². The highest BCUT2D eigenvalue weighted by molar-refractivity contribution is 7.92. The van der Waals surface area contributed by atoms with Gasteiger partial charge in [0.15, 0.2) is 0 Å². The van der Waals surface area contributed by atoms with Gasteiger partial charge >= 0.3 is 5.97 Å². The lowest BCUT2D eigenvalue weighted by atomic mass is 10.0. The van der Waals surface area contributed by atoms with Crippen LogP contribution in [0.5, 0.6) is 5.75 Å². The predicted molar refractivity (Wildman–Crippen MR) is 115 cm³/mol. The average molecular weight is 426 g/mol. The normalized spacial score (nSPS) is 11.2. The third-order valence-electron chi connectivity index (χ3n) is 4.69. The van der Waals surface area contributed by atoms with Crippen LogP contribution in [0, 0.1) is 13.8 Å². The van der Waals surface area contributed by atoms with Crippen LogP contribution < -0.4 is 4.31 Å². The number of carbonyl (C=O) groups excluding carboxylic acids is 1. The van der Waals surface area contributed by atoms with Crippen LogP contribution >= 0.6 is 0 Å². The Balaban J connectivity index is 2.26. The van der Waals surface area contributed by atoms with Crippen molar-refractivity contribution in [2.75, 3.05) is 11.4 Å². The number of benzene rings is 3. The SMILES string of the molecule is COC(=O)c1cc(C)cc(C)c1N(Cc1ccccc1)S(=O)(=O)c1ccc(O)cc1. The first-order chi connectivity index (χ1) is 14.2. The maximum absolute atomic E-state index is 13.6. The molecule has 0 saturated heterocycles. The molecule has 0 amide bonds. The Morgan fingerprint density at radius 2 is 1.63 bits per heavy atom. The van der Waals surface area contributed by atoms with Gasteiger partial charge in [-0.25, -0.2) is 13.2 Å². The van der Waals surface area contributed by atoms with Crippen molar-refractivity contribution < 1.29 is 23.1 Å². The second-order valence-corrected chi connectivity index (χ2v) is 8.82. The van der Waals surface area contributed by atoms with Crippen LogP contribution in [-0.2, 0) is 21.3 Å². The monoisotopic (exact) mass is 425 g/mol. The van der Waals surface area contributed by atoms with Crippen molar-refractivity contribution in [2.45, 2.75) is 25.3 Å². The van der Waals surface area contributed by atoms with Crippen LogP contribution in [0.25, 0.3) is 0 Å². The zero-order chi connectivity index (χ0) is 21.9. The summed E-state index contributed by atoms with van der Waals surface area (Å²) in [4.78, 5) is 12.5. The summed E-state index contributed by atoms with van der Waals surface area (Å²) in [7, 11) is -2.79. The summed E-state index contributed by atoms with van der Waals surface area (Å²) < 4.78 is 33.4. The number of carbonyl (C=O) groups is 1. The molecule has 0 saturated carbocycles. The third kappa shape index (κ3) is 4.31. The number of esters is 1. The summed E-state index contributed by atoms with van der Waals surface area (Å²) in [5.74, 6) is -0.652. The summed E-state index contributed by atoms with van der Waals surface area (Å²) in [6, 6.07) is 17.9. The highest BCUT2D eigenvalue weighted by Gasteiger charge is 2.30. The van der Waals surface area contributed by atoms with E-state index in [1.54, 1.807) is 13.0 Å². The number of methoxy groups -OCH3 is 1. The van der Waals surface area contributed by atoms with Gasteiger partial charge in [0.2, 0.25) is 0 Å². The van der Waals surface area contributed by atoms with E-state index in [4.69, 9.17) is 4.74 Å². The molecule has 0 aliphatic rings. The molecular weight excluding hydrogens is 402 g/mol. The van der Waals surface area contributed by atoms with E-state index >= 15 is 0 Å². The molecule has 0 atom stereocenters. The van der Waals surface area contributed by atoms with Crippen LogP contribution in [0.1, 0.15) is 27.0 Å². The number of sulfonamides is 1. The molecule has 6 nitrogen and oxygen atoms in total. The summed E-state index contributed by atoms with van der Waals surface area (Å²) in [6.07, 6.45) is 0. The van der Waals surface area contributed by atoms with Crippen molar-refractivity contribution in [1.29, 1.82) is 0 Å². The van der Waals surface area contributed by atoms with E-state index in [0.29, 0.717) is 5.56 Å². The van der Waals surface area contributed by atoms with Gasteiger partial charge in [-0.3, -0.25) is 4.31 Å². The average Bonchev–Trinajstić information content (AvgIpc) is 2.72. The lowest BCUT2D eigenvalue weighted by molar-refractivity contribution is 0.0601. The number of anilines is 1. The second kappa shape index (κ2) is 8.59. The van der Waals surface area contributed by atoms with Crippen molar-refractivity contribution in [3.05, 3.63) is 89.0 Å². The molecule has 30 heavy (non-hydrogen) atoms. The predicted octanol–water partition coefficient (Wildman–Crippen LogP) is 4.19. The number of phenols is 1. The van der Waals surface area contributed by atoms with Gasteiger partial charge in [0.1, 0.15) is 5.75 Å². The van der Waals surface area contributed by atoms with E-state index in [1.165, 1.54) is 35.7 Å². The standard InChI is InChI=1S/C23H23NO5S/c1-16-13-17(2)22(21(14-16)23(26)29-3)24(15-18-7-5-4-6-8-18)30(27,28)20-11-9-19(25)10-12-20/h4-14,25H,15H2,1-3H3. The van der Waals surface area contributed by atoms with Gasteiger partial charge in [-0.05, 0) is 60.9 Å². The minimum absolute atomic E-state index is 0.00650. The van der Waals surface area contributed by atoms with Crippen molar-refractivity contribution in [2.24, 2.45) is 0 Å². The van der Waals surface area contributed by atoms with E-state index < -0.39 is 16.0 Å². The molecule has 0 unspecified atom stereocenters. The highest BCUT2D eigenvalue weighted by Crippen LogP contribution is 2.34. The maximum atomic E-state index is 13.6. The van der Waals surface area contributed by atoms with E-state index in [-0.39, 0.29) is 28.4 Å². The van der Waals surface area contributed by atoms with Crippen LogP contribution in [0.15, 0.2) is 71.6 Å². The first-order valence-electron chi connectivity index (χ1n) is 9.29. The molecule has 1 N–H and O–H groups in total. The zero-order valence-corrected chi connectivity index (χ0v) is 17.8. The van der Waals surface area contributed by atoms with Gasteiger partial charge < -0.3 is 9.84 Å². The minimum atomic E-state index is -4.05. The smallest absolute Gasteiger partial charge is 0.340 e. The van der Waals surface area contributed by atoms with Crippen LogP contribution in [0.2, 0.25) is 0 Å². The molecule has 0 heterocycles. The number of aryl methyl sites for hydroxylation is 2. The molecular formula is C23H23NO5S. The Hall–Kier alpha value is -3.32. The van der Waals surface area contributed by atoms with Gasteiger partial charge in [-0.15, -0.1) is 0 Å². The summed E-state index contributed by atoms with van der Waals surface area (Å²) in [6.45, 7) is 3.62. The Labute approximate surface area is 176 Å². The largest absolute Gasteiger partial charge is 0.508 e. The summed E-state index contributed by atoms with van der Waals surface area (Å²) in [5, 5.41) is 9.57. The van der Waals surface area contributed by atoms with Gasteiger partial charge in [-0.1, -0.05) is 36.4 Å². The van der Waals surface area contributed by atoms with Gasteiger partial charge in [-0.2, -0.15) is 0 Å². The number of rotatable bonds is 6. The summed E-state index contributed by atoms with van der Waals surface area (Å²) in [5.41, 5.74) is 2.65. The van der Waals surface area contributed by atoms with E-state index in [2.05, 4.69) is 0 Å². The maximum Gasteiger partial charge on any atom is 0.340 e. The van der Waals surface area contributed by atoms with Crippen molar-refractivity contribution in [3.8, 4) is 5.75 Å². The number of aromatic hydroxyl groups is 1. The van der Waals surface area contributed by atoms with E-state index in [0.717, 1.165) is 11.1 Å². The number of nitrogens with zero attached hydrogens (tertiary/aromatic N) is 1. The molecule has 3 aromatic carbocycles. The molecule has 7 heteroatoms. The first-order valence-corrected chi connectivity index (χ1v) is 10.7. The van der Waals surface area contributed by atoms with Crippen molar-refractivity contribution >= 4 is 21.7 Å². The molecule has 3 aromatic rings. The topological polar surface area (TPSA) is 83.9 Å². The Morgan fingerprint density at radius 1 is 1.00 bits per heavy atom. The van der Waals surface area contributed by atoms with Crippen LogP contribution in [-0.4, -0.2) is 26.6 Å². The number of hydrogen-bond donors (Lipinski definition) is 1. The van der Waals surface area contributed by atoms with E-state index in [1.807, 2.05) is 43.3 Å². The zero-order valence-electron chi connectivity index (χ0n) is 17.0. The molecule has 0 aliphatic heterocycles. The lowest BCUT2D eigenvalue weighted by Gasteiger charge is -2.28. The first kappa shape index (κ1) is 21.4. The quantitative estimate of drug-likeness (QED) is 0.599. The summed E-state index contributed by atoms with van der Waals surface area (Å²) >= 11 is 0. The molecule has 0 fully saturated rings. The number of ether oxygens (including phenoxy) is 1. The second-order valence-electron chi connectivity index (χ2n) is 6.96. The fraction of sp³-hybridized carbons (Fsp3) is 0.174. The molecule has 3 rings (SSSR count). The van der Waals surface area contributed by atoms with Gasteiger partial charge in [0, 0.05) is 0 Å². The molecule has 156 valence electrons.